The molecule has 0 aliphatic carbocycles. The summed E-state index contributed by atoms with van der Waals surface area (Å²) in [6.07, 6.45) is 0. The summed E-state index contributed by atoms with van der Waals surface area (Å²) in [7, 11) is 0.370. The van der Waals surface area contributed by atoms with E-state index in [1.807, 2.05) is 0 Å². The molecule has 1 rings (SSSR count). The van der Waals surface area contributed by atoms with Gasteiger partial charge < -0.3 is 0 Å². The molecule has 0 amide bonds. The van der Waals surface area contributed by atoms with Crippen LogP contribution < -0.4 is 0 Å². The van der Waals surface area contributed by atoms with Crippen molar-refractivity contribution in [1.82, 2.24) is 0 Å². The van der Waals surface area contributed by atoms with E-state index in [1.54, 1.807) is 12.1 Å². The molecule has 0 N–H and O–H groups in total. The topological polar surface area (TPSA) is 0 Å². The fraction of sp³-hybridized carbons (Fsp3) is 1.00. The standard InChI is InChI=1S/C3H7Si/c1-4-2-3-4/h2-3H2,1H3. The van der Waals surface area contributed by atoms with Crippen LogP contribution in [0.25, 0.3) is 0 Å². The second-order valence-corrected chi connectivity index (χ2v) is 4.37. The van der Waals surface area contributed by atoms with E-state index in [9.17, 15) is 0 Å². The lowest BCUT2D eigenvalue weighted by molar-refractivity contribution is 1.69. The van der Waals surface area contributed by atoms with Gasteiger partial charge in [0.05, 0.1) is 0 Å². The van der Waals surface area contributed by atoms with Gasteiger partial charge in [-0.1, -0.05) is 18.6 Å². The van der Waals surface area contributed by atoms with Crippen molar-refractivity contribution in [2.75, 3.05) is 0 Å². The van der Waals surface area contributed by atoms with E-state index >= 15 is 0 Å². The molecule has 0 aromatic rings. The van der Waals surface area contributed by atoms with Crippen molar-refractivity contribution >= 4 is 8.80 Å². The van der Waals surface area contributed by atoms with E-state index in [1.165, 1.54) is 0 Å². The monoisotopic (exact) mass is 71.0 g/mol. The highest BCUT2D eigenvalue weighted by molar-refractivity contribution is 6.68. The molecule has 0 aromatic heterocycles. The minimum absolute atomic E-state index is 0.370. The van der Waals surface area contributed by atoms with Crippen LogP contribution >= 0.6 is 0 Å². The SMILES string of the molecule is C[Si]1CC1. The minimum Gasteiger partial charge on any atom is -0.0711 e. The Bertz CT molecular complexity index is 22.5. The Morgan fingerprint density at radius 3 is 1.75 bits per heavy atom. The highest BCUT2D eigenvalue weighted by atomic mass is 28.3. The first-order valence-corrected chi connectivity index (χ1v) is 4.12. The fourth-order valence-electron chi connectivity index (χ4n) is 0.125. The number of hydrogen-bond donors (Lipinski definition) is 0. The van der Waals surface area contributed by atoms with Gasteiger partial charge in [-0.15, -0.1) is 0 Å². The average molecular weight is 71.2 g/mol. The molecule has 1 aliphatic heterocycles. The molecule has 0 bridgehead atoms. The van der Waals surface area contributed by atoms with Gasteiger partial charge in [0.2, 0.25) is 0 Å². The second kappa shape index (κ2) is 0.581. The Balaban J connectivity index is 2.17. The van der Waals surface area contributed by atoms with Crippen LogP contribution in [0.3, 0.4) is 0 Å². The molecule has 23 valence electrons. The van der Waals surface area contributed by atoms with Crippen LogP contribution in [-0.2, 0) is 0 Å². The van der Waals surface area contributed by atoms with Gasteiger partial charge in [-0.05, 0) is 0 Å². The average Bonchev–Trinajstić information content (AvgIpc) is 1.75. The maximum atomic E-state index is 2.38. The number of rotatable bonds is 0. The normalized spacial score (nSPS) is 26.2. The fourth-order valence-corrected chi connectivity index (χ4v) is 1.12. The smallest absolute Gasteiger partial charge is 0.0440 e. The maximum Gasteiger partial charge on any atom is 0.0440 e. The summed E-state index contributed by atoms with van der Waals surface area (Å²) in [5, 5.41) is 0. The van der Waals surface area contributed by atoms with Crippen molar-refractivity contribution in [3.8, 4) is 0 Å². The molecule has 4 heavy (non-hydrogen) atoms. The first-order chi connectivity index (χ1) is 1.89. The van der Waals surface area contributed by atoms with Crippen molar-refractivity contribution in [3.63, 3.8) is 0 Å². The zero-order valence-electron chi connectivity index (χ0n) is 2.91. The lowest BCUT2D eigenvalue weighted by Crippen LogP contribution is -1.63. The molecule has 0 saturated carbocycles. The molecular weight excluding hydrogens is 64.1 g/mol. The summed E-state index contributed by atoms with van der Waals surface area (Å²) in [4.78, 5) is 0. The molecule has 1 radical (unpaired) electrons. The highest BCUT2D eigenvalue weighted by Crippen LogP contribution is 2.19. The lowest BCUT2D eigenvalue weighted by atomic mass is 11.0. The van der Waals surface area contributed by atoms with Crippen molar-refractivity contribution in [3.05, 3.63) is 0 Å². The molecule has 1 saturated heterocycles. The van der Waals surface area contributed by atoms with Gasteiger partial charge in [-0.2, -0.15) is 0 Å². The molecule has 0 atom stereocenters. The van der Waals surface area contributed by atoms with Gasteiger partial charge in [0.1, 0.15) is 0 Å². The molecule has 0 spiro atoms. The molecular formula is C3H7Si. The van der Waals surface area contributed by atoms with Crippen LogP contribution in [0.4, 0.5) is 0 Å². The molecule has 0 aromatic carbocycles. The van der Waals surface area contributed by atoms with Gasteiger partial charge in [-0.3, -0.25) is 0 Å². The molecule has 1 aliphatic rings. The zero-order chi connectivity index (χ0) is 2.99. The summed E-state index contributed by atoms with van der Waals surface area (Å²) in [5.74, 6) is 0. The molecule has 0 nitrogen and oxygen atoms in total. The van der Waals surface area contributed by atoms with Crippen LogP contribution in [0.15, 0.2) is 0 Å². The predicted octanol–water partition coefficient (Wildman–Crippen LogP) is 1.12. The summed E-state index contributed by atoms with van der Waals surface area (Å²) >= 11 is 0. The van der Waals surface area contributed by atoms with Crippen LogP contribution in [0, 0.1) is 0 Å². The molecule has 1 heterocycles. The van der Waals surface area contributed by atoms with E-state index in [-0.39, 0.29) is 0 Å². The minimum atomic E-state index is 0.370. The van der Waals surface area contributed by atoms with Crippen molar-refractivity contribution in [2.24, 2.45) is 0 Å². The highest BCUT2D eigenvalue weighted by Gasteiger charge is 2.15. The van der Waals surface area contributed by atoms with Gasteiger partial charge in [-0.25, -0.2) is 0 Å². The van der Waals surface area contributed by atoms with Gasteiger partial charge in [0, 0.05) is 8.80 Å². The van der Waals surface area contributed by atoms with Gasteiger partial charge in [0.15, 0.2) is 0 Å². The van der Waals surface area contributed by atoms with Crippen LogP contribution in [0.5, 0.6) is 0 Å². The van der Waals surface area contributed by atoms with E-state index in [0.717, 1.165) is 0 Å². The van der Waals surface area contributed by atoms with Crippen LogP contribution in [-0.4, -0.2) is 8.80 Å². The first-order valence-electron chi connectivity index (χ1n) is 1.71. The third-order valence-corrected chi connectivity index (χ3v) is 2.25. The maximum absolute atomic E-state index is 2.38. The first kappa shape index (κ1) is 2.45. The number of hydrogen-bond acceptors (Lipinski definition) is 0. The van der Waals surface area contributed by atoms with Crippen LogP contribution in [0.1, 0.15) is 0 Å². The third-order valence-electron chi connectivity index (χ3n) is 0.750. The summed E-state index contributed by atoms with van der Waals surface area (Å²) in [6.45, 7) is 2.38. The summed E-state index contributed by atoms with van der Waals surface area (Å²) in [6, 6.07) is 3.18. The van der Waals surface area contributed by atoms with E-state index in [2.05, 4.69) is 6.55 Å². The quantitative estimate of drug-likeness (QED) is 0.375. The van der Waals surface area contributed by atoms with Crippen molar-refractivity contribution in [1.29, 1.82) is 0 Å². The Morgan fingerprint density at radius 2 is 1.75 bits per heavy atom. The largest absolute Gasteiger partial charge is 0.0711 e. The zero-order valence-corrected chi connectivity index (χ0v) is 3.91. The van der Waals surface area contributed by atoms with Gasteiger partial charge in [0.25, 0.3) is 0 Å². The van der Waals surface area contributed by atoms with Gasteiger partial charge >= 0.3 is 0 Å². The molecule has 0 unspecified atom stereocenters. The Morgan fingerprint density at radius 1 is 1.50 bits per heavy atom. The predicted molar refractivity (Wildman–Crippen MR) is 21.2 cm³/mol. The molecule has 1 heteroatoms. The second-order valence-electron chi connectivity index (χ2n) is 1.46. The third kappa shape index (κ3) is 0.317. The van der Waals surface area contributed by atoms with Crippen molar-refractivity contribution < 1.29 is 0 Å². The summed E-state index contributed by atoms with van der Waals surface area (Å²) in [5.41, 5.74) is 0. The summed E-state index contributed by atoms with van der Waals surface area (Å²) < 4.78 is 0. The Labute approximate surface area is 28.4 Å². The van der Waals surface area contributed by atoms with E-state index in [0.29, 0.717) is 8.80 Å². The van der Waals surface area contributed by atoms with E-state index in [4.69, 9.17) is 0 Å². The van der Waals surface area contributed by atoms with Crippen LogP contribution in [0.2, 0.25) is 18.6 Å². The Hall–Kier alpha value is 0.217. The van der Waals surface area contributed by atoms with Crippen molar-refractivity contribution in [2.45, 2.75) is 18.6 Å². The lowest BCUT2D eigenvalue weighted by Gasteiger charge is -1.49. The Kier molecular flexibility index (Phi) is 0.356. The van der Waals surface area contributed by atoms with E-state index < -0.39 is 0 Å². The molecule has 1 fully saturated rings.